The fourth-order valence-electron chi connectivity index (χ4n) is 8.48. The minimum Gasteiger partial charge on any atom is -0.457 e. The zero-order valence-electron chi connectivity index (χ0n) is 32.6. The number of nitrogens with zero attached hydrogens (tertiary/aromatic N) is 4. The van der Waals surface area contributed by atoms with Gasteiger partial charge in [0.15, 0.2) is 0 Å². The van der Waals surface area contributed by atoms with Gasteiger partial charge in [-0.1, -0.05) is 106 Å². The Balaban J connectivity index is 1.04. The predicted octanol–water partition coefficient (Wildman–Crippen LogP) is 14.1. The van der Waals surface area contributed by atoms with Crippen LogP contribution in [0, 0.1) is 0 Å². The van der Waals surface area contributed by atoms with Crippen LogP contribution in [-0.4, -0.2) is 16.2 Å². The first-order valence-corrected chi connectivity index (χ1v) is 19.8. The predicted molar refractivity (Wildman–Crippen MR) is 239 cm³/mol. The number of hydrogen-bond donors (Lipinski definition) is 0. The topological polar surface area (TPSA) is 46.7 Å². The second-order valence-electron chi connectivity index (χ2n) is 16.1. The second-order valence-corrected chi connectivity index (χ2v) is 16.1. The van der Waals surface area contributed by atoms with Gasteiger partial charge in [0.25, 0.3) is 0 Å². The molecule has 3 aromatic heterocycles. The van der Waals surface area contributed by atoms with Crippen molar-refractivity contribution in [3.8, 4) is 28.4 Å². The van der Waals surface area contributed by atoms with Gasteiger partial charge >= 0.3 is 0 Å². The number of ether oxygens (including phenoxy) is 1. The van der Waals surface area contributed by atoms with E-state index in [9.17, 15) is 0 Å². The van der Waals surface area contributed by atoms with Gasteiger partial charge in [0.2, 0.25) is 0 Å². The smallest absolute Gasteiger partial charge is 0.141 e. The van der Waals surface area contributed by atoms with Crippen LogP contribution in [0.4, 0.5) is 22.7 Å². The lowest BCUT2D eigenvalue weighted by Gasteiger charge is -2.26. The van der Waals surface area contributed by atoms with Gasteiger partial charge in [-0.3, -0.25) is 4.57 Å². The van der Waals surface area contributed by atoms with Crippen molar-refractivity contribution < 1.29 is 9.15 Å². The van der Waals surface area contributed by atoms with E-state index in [0.29, 0.717) is 6.67 Å². The number of anilines is 4. The summed E-state index contributed by atoms with van der Waals surface area (Å²) < 4.78 is 15.5. The van der Waals surface area contributed by atoms with E-state index in [-0.39, 0.29) is 5.41 Å². The summed E-state index contributed by atoms with van der Waals surface area (Å²) in [7, 11) is 0. The summed E-state index contributed by atoms with van der Waals surface area (Å²) in [6.45, 7) is 7.45. The summed E-state index contributed by atoms with van der Waals surface area (Å²) in [6, 6.07) is 59.7. The second kappa shape index (κ2) is 13.1. The van der Waals surface area contributed by atoms with Crippen molar-refractivity contribution in [1.29, 1.82) is 0 Å². The Labute approximate surface area is 336 Å². The van der Waals surface area contributed by atoms with E-state index in [0.717, 1.165) is 83.7 Å². The molecule has 0 amide bonds. The maximum Gasteiger partial charge on any atom is 0.141 e. The molecule has 4 heterocycles. The van der Waals surface area contributed by atoms with Crippen LogP contribution < -0.4 is 14.5 Å². The van der Waals surface area contributed by atoms with Crippen molar-refractivity contribution in [2.45, 2.75) is 26.2 Å². The van der Waals surface area contributed by atoms with Crippen LogP contribution in [-0.2, 0) is 5.41 Å². The van der Waals surface area contributed by atoms with Crippen LogP contribution in [0.2, 0.25) is 0 Å². The molecule has 0 unspecified atom stereocenters. The molecule has 10 aromatic rings. The van der Waals surface area contributed by atoms with Crippen LogP contribution >= 0.6 is 0 Å². The lowest BCUT2D eigenvalue weighted by Crippen LogP contribution is -2.24. The minimum atomic E-state index is -0.111. The monoisotopic (exact) mass is 752 g/mol. The number of fused-ring (bicyclic) bond motifs is 7. The highest BCUT2D eigenvalue weighted by atomic mass is 16.5. The first kappa shape index (κ1) is 34.0. The van der Waals surface area contributed by atoms with Crippen LogP contribution in [0.3, 0.4) is 0 Å². The fourth-order valence-corrected chi connectivity index (χ4v) is 8.48. The Kier molecular flexibility index (Phi) is 7.70. The number of furan rings is 1. The Morgan fingerprint density at radius 2 is 1.24 bits per heavy atom. The molecule has 0 saturated heterocycles. The molecule has 1 aliphatic rings. The summed E-state index contributed by atoms with van der Waals surface area (Å²) in [5, 5.41) is 4.31. The molecule has 0 atom stereocenters. The molecule has 6 heteroatoms. The quantitative estimate of drug-likeness (QED) is 0.169. The van der Waals surface area contributed by atoms with E-state index < -0.39 is 0 Å². The van der Waals surface area contributed by atoms with E-state index >= 15 is 0 Å². The summed E-state index contributed by atoms with van der Waals surface area (Å²) in [6.07, 6.45) is 1.93. The van der Waals surface area contributed by atoms with Crippen molar-refractivity contribution in [2.75, 3.05) is 16.5 Å². The highest BCUT2D eigenvalue weighted by Crippen LogP contribution is 2.46. The van der Waals surface area contributed by atoms with E-state index in [4.69, 9.17) is 14.1 Å². The average molecular weight is 753 g/mol. The molecule has 0 spiro atoms. The lowest BCUT2D eigenvalue weighted by atomic mass is 9.86. The molecule has 0 N–H and O–H groups in total. The number of para-hydroxylation sites is 4. The zero-order chi connectivity index (χ0) is 39.0. The molecule has 58 heavy (non-hydrogen) atoms. The first-order chi connectivity index (χ1) is 28.4. The van der Waals surface area contributed by atoms with Gasteiger partial charge in [-0.05, 0) is 88.8 Å². The van der Waals surface area contributed by atoms with E-state index in [1.807, 2.05) is 24.4 Å². The molecule has 11 rings (SSSR count). The Hall–Kier alpha value is -7.31. The number of pyridine rings is 1. The average Bonchev–Trinajstić information content (AvgIpc) is 3.93. The van der Waals surface area contributed by atoms with E-state index in [1.54, 1.807) is 0 Å². The maximum atomic E-state index is 6.92. The molecule has 0 fully saturated rings. The van der Waals surface area contributed by atoms with Crippen molar-refractivity contribution in [2.24, 2.45) is 0 Å². The molecule has 6 nitrogen and oxygen atoms in total. The summed E-state index contributed by atoms with van der Waals surface area (Å²) in [5.74, 6) is 2.31. The Morgan fingerprint density at radius 1 is 0.517 bits per heavy atom. The van der Waals surface area contributed by atoms with Crippen LogP contribution in [0.25, 0.3) is 60.7 Å². The van der Waals surface area contributed by atoms with Gasteiger partial charge in [0.1, 0.15) is 35.2 Å². The van der Waals surface area contributed by atoms with Crippen LogP contribution in [0.15, 0.2) is 180 Å². The third kappa shape index (κ3) is 5.67. The van der Waals surface area contributed by atoms with Gasteiger partial charge in [0.05, 0.1) is 22.4 Å². The van der Waals surface area contributed by atoms with Crippen LogP contribution in [0.5, 0.6) is 11.5 Å². The van der Waals surface area contributed by atoms with Crippen molar-refractivity contribution in [1.82, 2.24) is 9.55 Å². The Bertz CT molecular complexity index is 3180. The SMILES string of the molecule is CC(C)(C)c1cc(Oc2ccc3c4cc(-c5ccccc5)ccc4n(-c4cc5oc6ccccc6c5cn4)c3c2)cc(N2CN(c3ccccc3)c3ccccc32)c1. The molecule has 7 aromatic carbocycles. The normalized spacial score (nSPS) is 12.9. The molecule has 0 saturated carbocycles. The number of hydrogen-bond acceptors (Lipinski definition) is 5. The van der Waals surface area contributed by atoms with Gasteiger partial charge < -0.3 is 19.0 Å². The first-order valence-electron chi connectivity index (χ1n) is 19.8. The van der Waals surface area contributed by atoms with Gasteiger partial charge in [-0.2, -0.15) is 0 Å². The van der Waals surface area contributed by atoms with Gasteiger partial charge in [0, 0.05) is 57.3 Å². The van der Waals surface area contributed by atoms with Crippen LogP contribution in [0.1, 0.15) is 26.3 Å². The summed E-state index contributed by atoms with van der Waals surface area (Å²) in [5.41, 5.74) is 11.7. The van der Waals surface area contributed by atoms with Gasteiger partial charge in [-0.25, -0.2) is 4.98 Å². The summed E-state index contributed by atoms with van der Waals surface area (Å²) >= 11 is 0. The van der Waals surface area contributed by atoms with E-state index in [2.05, 4.69) is 187 Å². The van der Waals surface area contributed by atoms with Gasteiger partial charge in [-0.15, -0.1) is 0 Å². The largest absolute Gasteiger partial charge is 0.457 e. The zero-order valence-corrected chi connectivity index (χ0v) is 32.6. The number of rotatable bonds is 6. The molecule has 0 radical (unpaired) electrons. The molecule has 280 valence electrons. The third-order valence-electron chi connectivity index (χ3n) is 11.4. The Morgan fingerprint density at radius 3 is 2.03 bits per heavy atom. The minimum absolute atomic E-state index is 0.111. The summed E-state index contributed by atoms with van der Waals surface area (Å²) in [4.78, 5) is 9.81. The highest BCUT2D eigenvalue weighted by molar-refractivity contribution is 6.11. The molecular formula is C52H40N4O2. The van der Waals surface area contributed by atoms with Crippen molar-refractivity contribution in [3.63, 3.8) is 0 Å². The van der Waals surface area contributed by atoms with Crippen molar-refractivity contribution in [3.05, 3.63) is 182 Å². The molecule has 1 aliphatic heterocycles. The standard InChI is InChI=1S/C52H40N4O2/c1-52(2,3)36-27-38(55-33-54(37-16-8-5-9-17-37)46-19-11-12-20-47(46)55)29-40(28-36)57-39-23-24-41-43-26-35(34-14-6-4-7-15-34)22-25-45(43)56(48(41)30-39)51-31-50-44(32-53-51)42-18-10-13-21-49(42)58-50/h4-32H,33H2,1-3H3. The lowest BCUT2D eigenvalue weighted by molar-refractivity contribution is 0.479. The number of benzene rings is 7. The third-order valence-corrected chi connectivity index (χ3v) is 11.4. The molecular weight excluding hydrogens is 713 g/mol. The maximum absolute atomic E-state index is 6.92. The molecule has 0 aliphatic carbocycles. The number of aromatic nitrogens is 2. The van der Waals surface area contributed by atoms with E-state index in [1.165, 1.54) is 16.8 Å². The van der Waals surface area contributed by atoms with Crippen molar-refractivity contribution >= 4 is 66.5 Å². The molecule has 0 bridgehead atoms. The highest BCUT2D eigenvalue weighted by Gasteiger charge is 2.29. The fraction of sp³-hybridized carbons (Fsp3) is 0.0962.